The molecule has 1 amide bonds. The van der Waals surface area contributed by atoms with Gasteiger partial charge < -0.3 is 16.0 Å². The minimum Gasteiger partial charge on any atom is -0.356 e. The molecule has 0 bridgehead atoms. The lowest BCUT2D eigenvalue weighted by Gasteiger charge is -2.46. The van der Waals surface area contributed by atoms with Crippen LogP contribution in [0.3, 0.4) is 0 Å². The highest BCUT2D eigenvalue weighted by atomic mass is 16.1. The Kier molecular flexibility index (Phi) is 4.75. The van der Waals surface area contributed by atoms with Crippen molar-refractivity contribution >= 4 is 5.91 Å². The molecule has 2 aliphatic rings. The summed E-state index contributed by atoms with van der Waals surface area (Å²) in [6, 6.07) is 0.234. The normalized spacial score (nSPS) is 37.9. The van der Waals surface area contributed by atoms with E-state index in [1.165, 1.54) is 6.42 Å². The van der Waals surface area contributed by atoms with Crippen molar-refractivity contribution in [3.8, 4) is 0 Å². The first kappa shape index (κ1) is 15.8. The molecule has 0 aromatic carbocycles. The van der Waals surface area contributed by atoms with Crippen LogP contribution in [0.5, 0.6) is 0 Å². The number of hydrogen-bond donors (Lipinski definition) is 2. The molecular formula is C16H31N3O. The van der Waals surface area contributed by atoms with Crippen molar-refractivity contribution < 1.29 is 4.79 Å². The zero-order valence-electron chi connectivity index (χ0n) is 13.5. The Labute approximate surface area is 123 Å². The van der Waals surface area contributed by atoms with Gasteiger partial charge in [-0.3, -0.25) is 4.79 Å². The molecule has 3 N–H and O–H groups in total. The lowest BCUT2D eigenvalue weighted by Crippen LogP contribution is -2.52. The average Bonchev–Trinajstić information content (AvgIpc) is 2.79. The smallest absolute Gasteiger partial charge is 0.223 e. The maximum Gasteiger partial charge on any atom is 0.223 e. The van der Waals surface area contributed by atoms with Crippen molar-refractivity contribution in [3.05, 3.63) is 0 Å². The molecule has 1 aliphatic carbocycles. The van der Waals surface area contributed by atoms with Gasteiger partial charge in [-0.25, -0.2) is 0 Å². The number of likely N-dealkylation sites (tertiary alicyclic amines) is 1. The fourth-order valence-electron chi connectivity index (χ4n) is 3.88. The van der Waals surface area contributed by atoms with Gasteiger partial charge in [-0.1, -0.05) is 20.8 Å². The van der Waals surface area contributed by atoms with Crippen LogP contribution >= 0.6 is 0 Å². The van der Waals surface area contributed by atoms with E-state index in [0.717, 1.165) is 32.5 Å². The Hall–Kier alpha value is -0.610. The van der Waals surface area contributed by atoms with Gasteiger partial charge in [-0.05, 0) is 50.1 Å². The van der Waals surface area contributed by atoms with Gasteiger partial charge in [0.15, 0.2) is 0 Å². The van der Waals surface area contributed by atoms with Crippen molar-refractivity contribution in [2.24, 2.45) is 28.9 Å². The predicted octanol–water partition coefficient (Wildman–Crippen LogP) is 1.45. The van der Waals surface area contributed by atoms with E-state index in [0.29, 0.717) is 11.8 Å². The fourth-order valence-corrected chi connectivity index (χ4v) is 3.88. The summed E-state index contributed by atoms with van der Waals surface area (Å²) < 4.78 is 0. The highest BCUT2D eigenvalue weighted by molar-refractivity contribution is 5.79. The summed E-state index contributed by atoms with van der Waals surface area (Å²) in [5, 5.41) is 3.20. The first-order valence-electron chi connectivity index (χ1n) is 8.04. The quantitative estimate of drug-likeness (QED) is 0.823. The molecular weight excluding hydrogens is 250 g/mol. The summed E-state index contributed by atoms with van der Waals surface area (Å²) in [7, 11) is 2.15. The summed E-state index contributed by atoms with van der Waals surface area (Å²) >= 11 is 0. The van der Waals surface area contributed by atoms with E-state index in [-0.39, 0.29) is 23.3 Å². The number of carbonyl (C=O) groups is 1. The third kappa shape index (κ3) is 3.17. The van der Waals surface area contributed by atoms with Crippen LogP contribution in [0.15, 0.2) is 0 Å². The number of nitrogens with zero attached hydrogens (tertiary/aromatic N) is 1. The summed E-state index contributed by atoms with van der Waals surface area (Å²) in [6.45, 7) is 9.68. The van der Waals surface area contributed by atoms with Gasteiger partial charge in [0.05, 0.1) is 0 Å². The highest BCUT2D eigenvalue weighted by Crippen LogP contribution is 2.44. The first-order valence-corrected chi connectivity index (χ1v) is 8.04. The molecule has 0 aromatic heterocycles. The second kappa shape index (κ2) is 6.02. The Morgan fingerprint density at radius 3 is 2.65 bits per heavy atom. The maximum absolute atomic E-state index is 12.5. The average molecular weight is 281 g/mol. The lowest BCUT2D eigenvalue weighted by molar-refractivity contribution is -0.132. The van der Waals surface area contributed by atoms with Crippen molar-refractivity contribution in [1.82, 2.24) is 10.2 Å². The summed E-state index contributed by atoms with van der Waals surface area (Å²) in [5.74, 6) is 1.36. The molecule has 2 fully saturated rings. The van der Waals surface area contributed by atoms with E-state index in [1.807, 2.05) is 0 Å². The minimum atomic E-state index is -0.00574. The number of rotatable bonds is 3. The molecule has 0 radical (unpaired) electrons. The molecule has 1 saturated heterocycles. The standard InChI is InChI=1S/C16H31N3O/c1-11-14(17)6-5-13(16(11,2)3)15(20)18-9-12-7-8-19(4)10-12/h11-14H,5-10,17H2,1-4H3,(H,18,20). The predicted molar refractivity (Wildman–Crippen MR) is 82.3 cm³/mol. The second-order valence-electron chi connectivity index (χ2n) is 7.57. The molecule has 116 valence electrons. The molecule has 4 heteroatoms. The SMILES string of the molecule is CC1C(N)CCC(C(=O)NCC2CCN(C)C2)C1(C)C. The van der Waals surface area contributed by atoms with E-state index in [9.17, 15) is 4.79 Å². The van der Waals surface area contributed by atoms with Crippen molar-refractivity contribution in [2.45, 2.75) is 46.1 Å². The third-order valence-corrected chi connectivity index (χ3v) is 5.87. The topological polar surface area (TPSA) is 58.4 Å². The monoisotopic (exact) mass is 281 g/mol. The van der Waals surface area contributed by atoms with Crippen LogP contribution in [0, 0.1) is 23.2 Å². The summed E-state index contributed by atoms with van der Waals surface area (Å²) in [5.41, 5.74) is 6.16. The maximum atomic E-state index is 12.5. The van der Waals surface area contributed by atoms with E-state index in [4.69, 9.17) is 5.73 Å². The Bertz CT molecular complexity index is 356. The van der Waals surface area contributed by atoms with Crippen LogP contribution in [0.4, 0.5) is 0 Å². The number of hydrogen-bond acceptors (Lipinski definition) is 3. The molecule has 1 saturated carbocycles. The van der Waals surface area contributed by atoms with Crippen LogP contribution in [0.2, 0.25) is 0 Å². The van der Waals surface area contributed by atoms with Gasteiger partial charge in [0.1, 0.15) is 0 Å². The van der Waals surface area contributed by atoms with Crippen molar-refractivity contribution in [2.75, 3.05) is 26.7 Å². The molecule has 2 rings (SSSR count). The van der Waals surface area contributed by atoms with Crippen LogP contribution in [0.25, 0.3) is 0 Å². The van der Waals surface area contributed by atoms with Gasteiger partial charge in [-0.15, -0.1) is 0 Å². The van der Waals surface area contributed by atoms with Gasteiger partial charge >= 0.3 is 0 Å². The largest absolute Gasteiger partial charge is 0.356 e. The summed E-state index contributed by atoms with van der Waals surface area (Å²) in [6.07, 6.45) is 3.09. The summed E-state index contributed by atoms with van der Waals surface area (Å²) in [4.78, 5) is 14.9. The number of amides is 1. The number of nitrogens with one attached hydrogen (secondary N) is 1. The van der Waals surface area contributed by atoms with E-state index < -0.39 is 0 Å². The van der Waals surface area contributed by atoms with Gasteiger partial charge in [0, 0.05) is 25.0 Å². The van der Waals surface area contributed by atoms with Crippen molar-refractivity contribution in [1.29, 1.82) is 0 Å². The number of nitrogens with two attached hydrogens (primary N) is 1. The zero-order chi connectivity index (χ0) is 14.9. The van der Waals surface area contributed by atoms with E-state index in [1.54, 1.807) is 0 Å². The fraction of sp³-hybridized carbons (Fsp3) is 0.938. The Morgan fingerprint density at radius 1 is 1.35 bits per heavy atom. The molecule has 0 spiro atoms. The lowest BCUT2D eigenvalue weighted by atomic mass is 9.61. The molecule has 4 nitrogen and oxygen atoms in total. The van der Waals surface area contributed by atoms with Crippen LogP contribution in [-0.4, -0.2) is 43.5 Å². The molecule has 1 aliphatic heterocycles. The molecule has 4 unspecified atom stereocenters. The molecule has 4 atom stereocenters. The molecule has 0 aromatic rings. The van der Waals surface area contributed by atoms with E-state index >= 15 is 0 Å². The Morgan fingerprint density at radius 2 is 2.05 bits per heavy atom. The third-order valence-electron chi connectivity index (χ3n) is 5.87. The zero-order valence-corrected chi connectivity index (χ0v) is 13.5. The first-order chi connectivity index (χ1) is 9.32. The van der Waals surface area contributed by atoms with Crippen molar-refractivity contribution in [3.63, 3.8) is 0 Å². The highest BCUT2D eigenvalue weighted by Gasteiger charge is 2.44. The van der Waals surface area contributed by atoms with Crippen LogP contribution < -0.4 is 11.1 Å². The van der Waals surface area contributed by atoms with Crippen LogP contribution in [0.1, 0.15) is 40.0 Å². The van der Waals surface area contributed by atoms with Gasteiger partial charge in [-0.2, -0.15) is 0 Å². The number of carbonyl (C=O) groups excluding carboxylic acids is 1. The molecule has 1 heterocycles. The van der Waals surface area contributed by atoms with E-state index in [2.05, 4.69) is 38.0 Å². The second-order valence-corrected chi connectivity index (χ2v) is 7.57. The minimum absolute atomic E-state index is 0.00574. The van der Waals surface area contributed by atoms with Gasteiger partial charge in [0.25, 0.3) is 0 Å². The van der Waals surface area contributed by atoms with Crippen LogP contribution in [-0.2, 0) is 4.79 Å². The molecule has 20 heavy (non-hydrogen) atoms. The van der Waals surface area contributed by atoms with Gasteiger partial charge in [0.2, 0.25) is 5.91 Å². The Balaban J connectivity index is 1.88.